The summed E-state index contributed by atoms with van der Waals surface area (Å²) in [5, 5.41) is 0. The Morgan fingerprint density at radius 3 is 2.46 bits per heavy atom. The summed E-state index contributed by atoms with van der Waals surface area (Å²) < 4.78 is 4.73. The third-order valence-electron chi connectivity index (χ3n) is 1.44. The minimum absolute atomic E-state index is 0.248. The summed E-state index contributed by atoms with van der Waals surface area (Å²) >= 11 is 0. The number of ether oxygens (including phenoxy) is 1. The third kappa shape index (κ3) is 8.86. The molecular formula is C11H18O2. The number of hydrogen-bond acceptors (Lipinski definition) is 2. The van der Waals surface area contributed by atoms with Crippen LogP contribution in [0, 0.1) is 0 Å². The second-order valence-corrected chi connectivity index (χ2v) is 2.61. The van der Waals surface area contributed by atoms with E-state index in [2.05, 4.69) is 19.1 Å². The van der Waals surface area contributed by atoms with Gasteiger partial charge >= 0.3 is 5.97 Å². The van der Waals surface area contributed by atoms with Gasteiger partial charge in [0.15, 0.2) is 0 Å². The van der Waals surface area contributed by atoms with Gasteiger partial charge < -0.3 is 4.74 Å². The van der Waals surface area contributed by atoms with E-state index in [0.29, 0.717) is 6.61 Å². The SMILES string of the molecule is CC/C=C\CC/C=C/C(=O)OCC. The number of carbonyl (C=O) groups excluding carboxylic acids is 1. The van der Waals surface area contributed by atoms with Crippen molar-refractivity contribution in [3.05, 3.63) is 24.3 Å². The molecule has 0 bridgehead atoms. The van der Waals surface area contributed by atoms with Crippen molar-refractivity contribution in [3.63, 3.8) is 0 Å². The van der Waals surface area contributed by atoms with Gasteiger partial charge in [0, 0.05) is 6.08 Å². The van der Waals surface area contributed by atoms with Gasteiger partial charge in [-0.1, -0.05) is 25.2 Å². The smallest absolute Gasteiger partial charge is 0.330 e. The van der Waals surface area contributed by atoms with Gasteiger partial charge in [0.25, 0.3) is 0 Å². The van der Waals surface area contributed by atoms with E-state index < -0.39 is 0 Å². The molecule has 0 aliphatic carbocycles. The number of hydrogen-bond donors (Lipinski definition) is 0. The Bertz CT molecular complexity index is 181. The average molecular weight is 182 g/mol. The Labute approximate surface area is 80.3 Å². The Morgan fingerprint density at radius 1 is 1.15 bits per heavy atom. The third-order valence-corrected chi connectivity index (χ3v) is 1.44. The summed E-state index contributed by atoms with van der Waals surface area (Å²) in [6, 6.07) is 0. The summed E-state index contributed by atoms with van der Waals surface area (Å²) in [5.41, 5.74) is 0. The summed E-state index contributed by atoms with van der Waals surface area (Å²) in [4.78, 5) is 10.8. The molecule has 0 heterocycles. The van der Waals surface area contributed by atoms with Gasteiger partial charge in [0.2, 0.25) is 0 Å². The van der Waals surface area contributed by atoms with Crippen LogP contribution in [-0.4, -0.2) is 12.6 Å². The van der Waals surface area contributed by atoms with E-state index in [4.69, 9.17) is 4.74 Å². The second kappa shape index (κ2) is 9.04. The van der Waals surface area contributed by atoms with Crippen molar-refractivity contribution in [2.75, 3.05) is 6.61 Å². The molecule has 0 saturated carbocycles. The van der Waals surface area contributed by atoms with E-state index in [0.717, 1.165) is 19.3 Å². The quantitative estimate of drug-likeness (QED) is 0.273. The van der Waals surface area contributed by atoms with Crippen molar-refractivity contribution in [1.29, 1.82) is 0 Å². The largest absolute Gasteiger partial charge is 0.463 e. The lowest BCUT2D eigenvalue weighted by atomic mass is 10.2. The van der Waals surface area contributed by atoms with Crippen molar-refractivity contribution in [3.8, 4) is 0 Å². The van der Waals surface area contributed by atoms with Gasteiger partial charge in [-0.2, -0.15) is 0 Å². The van der Waals surface area contributed by atoms with E-state index in [9.17, 15) is 4.79 Å². The van der Waals surface area contributed by atoms with Crippen molar-refractivity contribution in [2.45, 2.75) is 33.1 Å². The minimum atomic E-state index is -0.248. The van der Waals surface area contributed by atoms with Crippen LogP contribution >= 0.6 is 0 Å². The molecule has 74 valence electrons. The maximum absolute atomic E-state index is 10.8. The maximum atomic E-state index is 10.8. The molecule has 0 aromatic carbocycles. The summed E-state index contributed by atoms with van der Waals surface area (Å²) in [5.74, 6) is -0.248. The van der Waals surface area contributed by atoms with Gasteiger partial charge in [0.05, 0.1) is 6.61 Å². The Balaban J connectivity index is 3.40. The highest BCUT2D eigenvalue weighted by atomic mass is 16.5. The molecule has 0 amide bonds. The molecule has 2 nitrogen and oxygen atoms in total. The highest BCUT2D eigenvalue weighted by Gasteiger charge is 1.90. The van der Waals surface area contributed by atoms with Crippen LogP contribution < -0.4 is 0 Å². The number of allylic oxidation sites excluding steroid dienone is 3. The average Bonchev–Trinajstić information content (AvgIpc) is 2.11. The Morgan fingerprint density at radius 2 is 1.85 bits per heavy atom. The fourth-order valence-corrected chi connectivity index (χ4v) is 0.847. The normalized spacial score (nSPS) is 11.2. The molecular weight excluding hydrogens is 164 g/mol. The summed E-state index contributed by atoms with van der Waals surface area (Å²) in [6.45, 7) is 4.35. The monoisotopic (exact) mass is 182 g/mol. The van der Waals surface area contributed by atoms with Crippen LogP contribution in [0.1, 0.15) is 33.1 Å². The zero-order valence-corrected chi connectivity index (χ0v) is 8.45. The van der Waals surface area contributed by atoms with Crippen molar-refractivity contribution >= 4 is 5.97 Å². The molecule has 0 atom stereocenters. The van der Waals surface area contributed by atoms with Gasteiger partial charge in [-0.25, -0.2) is 4.79 Å². The molecule has 0 aromatic heterocycles. The molecule has 2 heteroatoms. The van der Waals surface area contributed by atoms with E-state index in [-0.39, 0.29) is 5.97 Å². The molecule has 0 unspecified atom stereocenters. The lowest BCUT2D eigenvalue weighted by Crippen LogP contribution is -1.98. The molecule has 0 fully saturated rings. The topological polar surface area (TPSA) is 26.3 Å². The Kier molecular flexibility index (Phi) is 8.31. The first-order valence-corrected chi connectivity index (χ1v) is 4.79. The second-order valence-electron chi connectivity index (χ2n) is 2.61. The molecule has 0 saturated heterocycles. The number of rotatable bonds is 6. The van der Waals surface area contributed by atoms with Crippen molar-refractivity contribution in [1.82, 2.24) is 0 Å². The van der Waals surface area contributed by atoms with E-state index in [1.165, 1.54) is 6.08 Å². The molecule has 0 rings (SSSR count). The minimum Gasteiger partial charge on any atom is -0.463 e. The molecule has 0 spiro atoms. The molecule has 0 radical (unpaired) electrons. The zero-order valence-electron chi connectivity index (χ0n) is 8.45. The molecule has 13 heavy (non-hydrogen) atoms. The molecule has 0 aliphatic heterocycles. The van der Waals surface area contributed by atoms with Gasteiger partial charge in [0.1, 0.15) is 0 Å². The van der Waals surface area contributed by atoms with Crippen LogP contribution in [0.5, 0.6) is 0 Å². The lowest BCUT2D eigenvalue weighted by Gasteiger charge is -1.93. The number of unbranched alkanes of at least 4 members (excludes halogenated alkanes) is 1. The van der Waals surface area contributed by atoms with Crippen LogP contribution in [0.25, 0.3) is 0 Å². The first-order valence-electron chi connectivity index (χ1n) is 4.79. The standard InChI is InChI=1S/C11H18O2/c1-3-5-6-7-8-9-10-11(12)13-4-2/h5-6,9-10H,3-4,7-8H2,1-2H3/b6-5-,10-9+. The fourth-order valence-electron chi connectivity index (χ4n) is 0.847. The first-order chi connectivity index (χ1) is 6.31. The number of esters is 1. The van der Waals surface area contributed by atoms with E-state index in [1.807, 2.05) is 6.08 Å². The first kappa shape index (κ1) is 11.9. The highest BCUT2D eigenvalue weighted by Crippen LogP contribution is 1.94. The molecule has 0 aliphatic rings. The van der Waals surface area contributed by atoms with Crippen molar-refractivity contribution in [2.24, 2.45) is 0 Å². The van der Waals surface area contributed by atoms with E-state index in [1.54, 1.807) is 6.92 Å². The number of carbonyl (C=O) groups is 1. The highest BCUT2D eigenvalue weighted by molar-refractivity contribution is 5.81. The maximum Gasteiger partial charge on any atom is 0.330 e. The van der Waals surface area contributed by atoms with Crippen LogP contribution in [0.15, 0.2) is 24.3 Å². The van der Waals surface area contributed by atoms with Gasteiger partial charge in [-0.05, 0) is 26.2 Å². The summed E-state index contributed by atoms with van der Waals surface area (Å²) in [7, 11) is 0. The Hall–Kier alpha value is -1.05. The summed E-state index contributed by atoms with van der Waals surface area (Å²) in [6.07, 6.45) is 10.5. The van der Waals surface area contributed by atoms with E-state index >= 15 is 0 Å². The molecule has 0 N–H and O–H groups in total. The zero-order chi connectivity index (χ0) is 9.94. The molecule has 0 aromatic rings. The fraction of sp³-hybridized carbons (Fsp3) is 0.545. The van der Waals surface area contributed by atoms with Gasteiger partial charge in [-0.15, -0.1) is 0 Å². The van der Waals surface area contributed by atoms with Crippen LogP contribution in [-0.2, 0) is 9.53 Å². The predicted octanol–water partition coefficient (Wildman–Crippen LogP) is 2.85. The van der Waals surface area contributed by atoms with Crippen LogP contribution in [0.2, 0.25) is 0 Å². The van der Waals surface area contributed by atoms with Crippen molar-refractivity contribution < 1.29 is 9.53 Å². The van der Waals surface area contributed by atoms with Crippen LogP contribution in [0.3, 0.4) is 0 Å². The van der Waals surface area contributed by atoms with Gasteiger partial charge in [-0.3, -0.25) is 0 Å². The van der Waals surface area contributed by atoms with Crippen LogP contribution in [0.4, 0.5) is 0 Å². The predicted molar refractivity (Wildman–Crippen MR) is 54.4 cm³/mol. The lowest BCUT2D eigenvalue weighted by molar-refractivity contribution is -0.137.